The Bertz CT molecular complexity index is 582. The molecule has 2 aromatic rings. The first-order valence-corrected chi connectivity index (χ1v) is 6.63. The number of aromatic nitrogens is 2. The summed E-state index contributed by atoms with van der Waals surface area (Å²) >= 11 is 0. The Balaban J connectivity index is 2.00. The van der Waals surface area contributed by atoms with E-state index in [9.17, 15) is 0 Å². The van der Waals surface area contributed by atoms with E-state index in [1.807, 2.05) is 13.0 Å². The fraction of sp³-hybridized carbons (Fsp3) is 0.333. The first kappa shape index (κ1) is 12.1. The van der Waals surface area contributed by atoms with Crippen molar-refractivity contribution in [2.75, 3.05) is 18.0 Å². The van der Waals surface area contributed by atoms with Crippen molar-refractivity contribution in [3.8, 4) is 0 Å². The maximum atomic E-state index is 6.00. The van der Waals surface area contributed by atoms with E-state index in [2.05, 4.69) is 39.1 Å². The predicted octanol–water partition coefficient (Wildman–Crippen LogP) is 1.85. The van der Waals surface area contributed by atoms with Crippen LogP contribution < -0.4 is 10.6 Å². The fourth-order valence-corrected chi connectivity index (χ4v) is 2.78. The molecule has 4 heteroatoms. The monoisotopic (exact) mass is 254 g/mol. The summed E-state index contributed by atoms with van der Waals surface area (Å²) in [4.78, 5) is 10.8. The van der Waals surface area contributed by atoms with Gasteiger partial charge in [-0.2, -0.15) is 0 Å². The average Bonchev–Trinajstić information content (AvgIpc) is 2.46. The number of nitrogens with two attached hydrogens (primary N) is 1. The Morgan fingerprint density at radius 3 is 2.95 bits per heavy atom. The maximum Gasteiger partial charge on any atom is 0.132 e. The summed E-state index contributed by atoms with van der Waals surface area (Å²) in [5.41, 5.74) is 9.71. The van der Waals surface area contributed by atoms with Crippen LogP contribution in [-0.2, 0) is 6.42 Å². The Labute approximate surface area is 113 Å². The van der Waals surface area contributed by atoms with Gasteiger partial charge in [0.15, 0.2) is 0 Å². The Hall–Kier alpha value is -1.94. The minimum absolute atomic E-state index is 0.208. The van der Waals surface area contributed by atoms with Crippen LogP contribution in [0.3, 0.4) is 0 Å². The number of aryl methyl sites for hydroxylation is 1. The SMILES string of the molecule is Cc1cc(N2CCc3ccccc3C2CN)ncn1. The lowest BCUT2D eigenvalue weighted by atomic mass is 9.92. The smallest absolute Gasteiger partial charge is 0.132 e. The van der Waals surface area contributed by atoms with Gasteiger partial charge in [0.1, 0.15) is 12.1 Å². The second-order valence-corrected chi connectivity index (χ2v) is 4.91. The topological polar surface area (TPSA) is 55.0 Å². The van der Waals surface area contributed by atoms with Gasteiger partial charge in [-0.15, -0.1) is 0 Å². The first-order valence-electron chi connectivity index (χ1n) is 6.63. The zero-order valence-corrected chi connectivity index (χ0v) is 11.1. The van der Waals surface area contributed by atoms with Gasteiger partial charge in [0.05, 0.1) is 6.04 Å². The van der Waals surface area contributed by atoms with E-state index in [0.717, 1.165) is 24.5 Å². The second-order valence-electron chi connectivity index (χ2n) is 4.91. The number of rotatable bonds is 2. The van der Waals surface area contributed by atoms with Gasteiger partial charge in [-0.05, 0) is 24.5 Å². The van der Waals surface area contributed by atoms with Gasteiger partial charge < -0.3 is 10.6 Å². The highest BCUT2D eigenvalue weighted by atomic mass is 15.2. The van der Waals surface area contributed by atoms with E-state index in [0.29, 0.717) is 6.54 Å². The van der Waals surface area contributed by atoms with Gasteiger partial charge in [-0.25, -0.2) is 9.97 Å². The molecule has 1 aromatic carbocycles. The minimum atomic E-state index is 0.208. The maximum absolute atomic E-state index is 6.00. The standard InChI is InChI=1S/C15H18N4/c1-11-8-15(18-10-17-11)19-7-6-12-4-2-3-5-13(12)14(19)9-16/h2-5,8,10,14H,6-7,9,16H2,1H3. The lowest BCUT2D eigenvalue weighted by Crippen LogP contribution is -2.39. The molecule has 0 radical (unpaired) electrons. The van der Waals surface area contributed by atoms with Crippen molar-refractivity contribution >= 4 is 5.82 Å². The zero-order valence-electron chi connectivity index (χ0n) is 11.1. The number of fused-ring (bicyclic) bond motifs is 1. The van der Waals surface area contributed by atoms with Crippen molar-refractivity contribution in [3.05, 3.63) is 53.5 Å². The first-order chi connectivity index (χ1) is 9.29. The number of hydrogen-bond donors (Lipinski definition) is 1. The molecule has 1 aliphatic heterocycles. The molecule has 1 unspecified atom stereocenters. The zero-order chi connectivity index (χ0) is 13.2. The minimum Gasteiger partial charge on any atom is -0.348 e. The number of anilines is 1. The molecule has 0 bridgehead atoms. The van der Waals surface area contributed by atoms with Gasteiger partial charge >= 0.3 is 0 Å². The van der Waals surface area contributed by atoms with Crippen molar-refractivity contribution in [1.82, 2.24) is 9.97 Å². The van der Waals surface area contributed by atoms with Crippen LogP contribution in [0.5, 0.6) is 0 Å². The van der Waals surface area contributed by atoms with Gasteiger partial charge in [0, 0.05) is 24.8 Å². The van der Waals surface area contributed by atoms with Crippen LogP contribution in [0.15, 0.2) is 36.7 Å². The van der Waals surface area contributed by atoms with Crippen LogP contribution in [-0.4, -0.2) is 23.1 Å². The molecule has 3 rings (SSSR count). The molecule has 0 saturated heterocycles. The summed E-state index contributed by atoms with van der Waals surface area (Å²) in [6.07, 6.45) is 2.66. The third kappa shape index (κ3) is 2.19. The van der Waals surface area contributed by atoms with E-state index < -0.39 is 0 Å². The summed E-state index contributed by atoms with van der Waals surface area (Å²) in [5, 5.41) is 0. The van der Waals surface area contributed by atoms with Gasteiger partial charge in [0.2, 0.25) is 0 Å². The van der Waals surface area contributed by atoms with Gasteiger partial charge in [-0.1, -0.05) is 24.3 Å². The fourth-order valence-electron chi connectivity index (χ4n) is 2.78. The van der Waals surface area contributed by atoms with Crippen LogP contribution in [0.4, 0.5) is 5.82 Å². The Morgan fingerprint density at radius 1 is 1.32 bits per heavy atom. The third-order valence-corrected chi connectivity index (χ3v) is 3.72. The van der Waals surface area contributed by atoms with Crippen molar-refractivity contribution in [1.29, 1.82) is 0 Å². The molecule has 19 heavy (non-hydrogen) atoms. The van der Waals surface area contributed by atoms with Crippen LogP contribution in [0, 0.1) is 6.92 Å². The Kier molecular flexibility index (Phi) is 3.17. The molecule has 1 aliphatic rings. The largest absolute Gasteiger partial charge is 0.348 e. The molecule has 0 aliphatic carbocycles. The molecule has 0 spiro atoms. The summed E-state index contributed by atoms with van der Waals surface area (Å²) in [6.45, 7) is 3.54. The summed E-state index contributed by atoms with van der Waals surface area (Å²) in [6, 6.07) is 10.8. The summed E-state index contributed by atoms with van der Waals surface area (Å²) in [7, 11) is 0. The predicted molar refractivity (Wildman–Crippen MR) is 76.1 cm³/mol. The van der Waals surface area contributed by atoms with E-state index >= 15 is 0 Å². The molecule has 0 fully saturated rings. The quantitative estimate of drug-likeness (QED) is 0.888. The van der Waals surface area contributed by atoms with Gasteiger partial charge in [0.25, 0.3) is 0 Å². The van der Waals surface area contributed by atoms with Crippen LogP contribution in [0.2, 0.25) is 0 Å². The molecule has 1 atom stereocenters. The van der Waals surface area contributed by atoms with Crippen molar-refractivity contribution in [2.45, 2.75) is 19.4 Å². The molecule has 1 aromatic heterocycles. The highest BCUT2D eigenvalue weighted by Crippen LogP contribution is 2.31. The van der Waals surface area contributed by atoms with Crippen molar-refractivity contribution < 1.29 is 0 Å². The number of nitrogens with zero attached hydrogens (tertiary/aromatic N) is 3. The summed E-state index contributed by atoms with van der Waals surface area (Å²) < 4.78 is 0. The molecule has 4 nitrogen and oxygen atoms in total. The average molecular weight is 254 g/mol. The van der Waals surface area contributed by atoms with Crippen LogP contribution in [0.25, 0.3) is 0 Å². The molecular weight excluding hydrogens is 236 g/mol. The molecule has 2 heterocycles. The van der Waals surface area contributed by atoms with Crippen LogP contribution in [0.1, 0.15) is 22.9 Å². The molecule has 2 N–H and O–H groups in total. The summed E-state index contributed by atoms with van der Waals surface area (Å²) in [5.74, 6) is 0.970. The molecule has 0 saturated carbocycles. The van der Waals surface area contributed by atoms with Gasteiger partial charge in [-0.3, -0.25) is 0 Å². The highest BCUT2D eigenvalue weighted by Gasteiger charge is 2.26. The normalized spacial score (nSPS) is 18.2. The Morgan fingerprint density at radius 2 is 2.16 bits per heavy atom. The number of hydrogen-bond acceptors (Lipinski definition) is 4. The van der Waals surface area contributed by atoms with Crippen molar-refractivity contribution in [3.63, 3.8) is 0 Å². The van der Waals surface area contributed by atoms with Crippen molar-refractivity contribution in [2.24, 2.45) is 5.73 Å². The van der Waals surface area contributed by atoms with E-state index in [4.69, 9.17) is 5.73 Å². The molecule has 0 amide bonds. The second kappa shape index (κ2) is 4.97. The lowest BCUT2D eigenvalue weighted by molar-refractivity contribution is 0.583. The van der Waals surface area contributed by atoms with E-state index in [-0.39, 0.29) is 6.04 Å². The molecule has 98 valence electrons. The van der Waals surface area contributed by atoms with Crippen LogP contribution >= 0.6 is 0 Å². The highest BCUT2D eigenvalue weighted by molar-refractivity contribution is 5.47. The van der Waals surface area contributed by atoms with E-state index in [1.54, 1.807) is 6.33 Å². The molecular formula is C15H18N4. The number of benzene rings is 1. The third-order valence-electron chi connectivity index (χ3n) is 3.72. The van der Waals surface area contributed by atoms with E-state index in [1.165, 1.54) is 11.1 Å². The lowest BCUT2D eigenvalue weighted by Gasteiger charge is -2.37.